The molecule has 20 heavy (non-hydrogen) atoms. The highest BCUT2D eigenvalue weighted by molar-refractivity contribution is 9.11. The van der Waals surface area contributed by atoms with Crippen molar-refractivity contribution in [2.45, 2.75) is 52.1 Å². The highest BCUT2D eigenvalue weighted by atomic mass is 79.9. The van der Waals surface area contributed by atoms with E-state index in [1.165, 1.54) is 43.6 Å². The van der Waals surface area contributed by atoms with Gasteiger partial charge in [0.05, 0.1) is 5.69 Å². The Morgan fingerprint density at radius 1 is 1.15 bits per heavy atom. The second kappa shape index (κ2) is 7.28. The van der Waals surface area contributed by atoms with E-state index in [-0.39, 0.29) is 0 Å². The van der Waals surface area contributed by atoms with E-state index in [4.69, 9.17) is 0 Å². The van der Waals surface area contributed by atoms with Gasteiger partial charge in [-0.15, -0.1) is 0 Å². The molecule has 1 atom stereocenters. The lowest BCUT2D eigenvalue weighted by Gasteiger charge is -2.24. The van der Waals surface area contributed by atoms with Crippen LogP contribution in [0.2, 0.25) is 0 Å². The normalized spacial score (nSPS) is 21.0. The third-order valence-electron chi connectivity index (χ3n) is 4.03. The summed E-state index contributed by atoms with van der Waals surface area (Å²) >= 11 is 7.35. The lowest BCUT2D eigenvalue weighted by atomic mass is 10.1. The Morgan fingerprint density at radius 3 is 2.40 bits per heavy atom. The number of likely N-dealkylation sites (tertiary alicyclic amines) is 1. The third-order valence-corrected chi connectivity index (χ3v) is 5.28. The molecule has 1 fully saturated rings. The Bertz CT molecular complexity index is 437. The van der Waals surface area contributed by atoms with Gasteiger partial charge in [-0.3, -0.25) is 0 Å². The standard InChI is InChI=1S/C16H24Br2N2/c1-11(2)20-7-4-5-13(6-8-20)19-16-14(17)9-12(3)10-15(16)18/h9-11,13,19H,4-8H2,1-3H3. The molecule has 0 radical (unpaired) electrons. The Balaban J connectivity index is 2.04. The van der Waals surface area contributed by atoms with Gasteiger partial charge in [0.2, 0.25) is 0 Å². The van der Waals surface area contributed by atoms with E-state index in [1.807, 2.05) is 0 Å². The minimum absolute atomic E-state index is 0.564. The van der Waals surface area contributed by atoms with E-state index in [0.717, 1.165) is 8.95 Å². The Hall–Kier alpha value is -0.0600. The summed E-state index contributed by atoms with van der Waals surface area (Å²) < 4.78 is 2.30. The molecule has 1 N–H and O–H groups in total. The molecule has 1 saturated heterocycles. The van der Waals surface area contributed by atoms with Gasteiger partial charge in [0.25, 0.3) is 0 Å². The monoisotopic (exact) mass is 402 g/mol. The van der Waals surface area contributed by atoms with Crippen molar-refractivity contribution in [1.29, 1.82) is 0 Å². The Labute approximate surface area is 139 Å². The first-order valence-electron chi connectivity index (χ1n) is 7.43. The van der Waals surface area contributed by atoms with Gasteiger partial charge in [-0.2, -0.15) is 0 Å². The molecule has 0 amide bonds. The van der Waals surface area contributed by atoms with Crippen molar-refractivity contribution in [1.82, 2.24) is 4.90 Å². The second-order valence-corrected chi connectivity index (χ2v) is 7.71. The molecule has 1 aromatic rings. The number of benzene rings is 1. The summed E-state index contributed by atoms with van der Waals surface area (Å²) in [5.74, 6) is 0. The highest BCUT2D eigenvalue weighted by Crippen LogP contribution is 2.33. The van der Waals surface area contributed by atoms with E-state index in [1.54, 1.807) is 0 Å². The molecule has 2 nitrogen and oxygen atoms in total. The summed E-state index contributed by atoms with van der Waals surface area (Å²) in [5, 5.41) is 3.72. The van der Waals surface area contributed by atoms with Crippen LogP contribution in [0.5, 0.6) is 0 Å². The molecule has 1 aliphatic heterocycles. The van der Waals surface area contributed by atoms with Crippen LogP contribution < -0.4 is 5.32 Å². The summed E-state index contributed by atoms with van der Waals surface area (Å²) in [6, 6.07) is 5.56. The van der Waals surface area contributed by atoms with Gasteiger partial charge in [0, 0.05) is 27.6 Å². The number of nitrogens with one attached hydrogen (secondary N) is 1. The second-order valence-electron chi connectivity index (χ2n) is 6.01. The fraction of sp³-hybridized carbons (Fsp3) is 0.625. The number of rotatable bonds is 3. The van der Waals surface area contributed by atoms with Crippen molar-refractivity contribution in [3.63, 3.8) is 0 Å². The molecule has 1 heterocycles. The maximum absolute atomic E-state index is 3.72. The number of aryl methyl sites for hydroxylation is 1. The van der Waals surface area contributed by atoms with Crippen LogP contribution in [-0.2, 0) is 0 Å². The first-order chi connectivity index (χ1) is 9.47. The summed E-state index contributed by atoms with van der Waals surface area (Å²) in [6.07, 6.45) is 3.73. The zero-order chi connectivity index (χ0) is 14.7. The smallest absolute Gasteiger partial charge is 0.0631 e. The van der Waals surface area contributed by atoms with Gasteiger partial charge < -0.3 is 10.2 Å². The molecular weight excluding hydrogens is 380 g/mol. The van der Waals surface area contributed by atoms with E-state index >= 15 is 0 Å². The molecule has 112 valence electrons. The maximum Gasteiger partial charge on any atom is 0.0631 e. The molecule has 4 heteroatoms. The van der Waals surface area contributed by atoms with Crippen LogP contribution >= 0.6 is 31.9 Å². The van der Waals surface area contributed by atoms with Crippen LogP contribution in [0.1, 0.15) is 38.7 Å². The van der Waals surface area contributed by atoms with Gasteiger partial charge in [-0.25, -0.2) is 0 Å². The van der Waals surface area contributed by atoms with Crippen molar-refractivity contribution >= 4 is 37.5 Å². The molecule has 1 unspecified atom stereocenters. The summed E-state index contributed by atoms with van der Waals surface area (Å²) in [4.78, 5) is 2.58. The zero-order valence-electron chi connectivity index (χ0n) is 12.5. The minimum Gasteiger partial charge on any atom is -0.380 e. The number of anilines is 1. The summed E-state index contributed by atoms with van der Waals surface area (Å²) in [6.45, 7) is 9.12. The van der Waals surface area contributed by atoms with Crippen molar-refractivity contribution in [2.24, 2.45) is 0 Å². The van der Waals surface area contributed by atoms with Gasteiger partial charge in [0.1, 0.15) is 0 Å². The molecule has 1 aliphatic rings. The van der Waals surface area contributed by atoms with Gasteiger partial charge >= 0.3 is 0 Å². The highest BCUT2D eigenvalue weighted by Gasteiger charge is 2.19. The van der Waals surface area contributed by atoms with Crippen molar-refractivity contribution < 1.29 is 0 Å². The van der Waals surface area contributed by atoms with Crippen molar-refractivity contribution in [2.75, 3.05) is 18.4 Å². The quantitative estimate of drug-likeness (QED) is 0.746. The van der Waals surface area contributed by atoms with E-state index in [9.17, 15) is 0 Å². The van der Waals surface area contributed by atoms with Gasteiger partial charge in [-0.1, -0.05) is 0 Å². The molecule has 0 saturated carbocycles. The first kappa shape index (κ1) is 16.3. The van der Waals surface area contributed by atoms with E-state index < -0.39 is 0 Å². The van der Waals surface area contributed by atoms with Gasteiger partial charge in [-0.05, 0) is 96.1 Å². The molecule has 2 rings (SSSR count). The predicted molar refractivity (Wildman–Crippen MR) is 94.5 cm³/mol. The number of nitrogens with zero attached hydrogens (tertiary/aromatic N) is 1. The number of hydrogen-bond donors (Lipinski definition) is 1. The fourth-order valence-corrected chi connectivity index (χ4v) is 4.47. The first-order valence-corrected chi connectivity index (χ1v) is 9.02. The zero-order valence-corrected chi connectivity index (χ0v) is 15.7. The molecule has 0 spiro atoms. The van der Waals surface area contributed by atoms with Crippen LogP contribution in [0.4, 0.5) is 5.69 Å². The van der Waals surface area contributed by atoms with Gasteiger partial charge in [0.15, 0.2) is 0 Å². The topological polar surface area (TPSA) is 15.3 Å². The van der Waals surface area contributed by atoms with Crippen LogP contribution in [0.25, 0.3) is 0 Å². The van der Waals surface area contributed by atoms with Crippen molar-refractivity contribution in [3.05, 3.63) is 26.6 Å². The summed E-state index contributed by atoms with van der Waals surface area (Å²) in [7, 11) is 0. The van der Waals surface area contributed by atoms with Crippen LogP contribution in [0.3, 0.4) is 0 Å². The van der Waals surface area contributed by atoms with E-state index in [0.29, 0.717) is 12.1 Å². The third kappa shape index (κ3) is 4.22. The maximum atomic E-state index is 3.72. The van der Waals surface area contributed by atoms with E-state index in [2.05, 4.69) is 75.0 Å². The van der Waals surface area contributed by atoms with Crippen LogP contribution in [-0.4, -0.2) is 30.1 Å². The number of halogens is 2. The average Bonchev–Trinajstić information content (AvgIpc) is 2.59. The fourth-order valence-electron chi connectivity index (χ4n) is 2.82. The summed E-state index contributed by atoms with van der Waals surface area (Å²) in [5.41, 5.74) is 2.46. The van der Waals surface area contributed by atoms with Crippen molar-refractivity contribution in [3.8, 4) is 0 Å². The molecule has 0 bridgehead atoms. The Kier molecular flexibility index (Phi) is 5.94. The van der Waals surface area contributed by atoms with Crippen LogP contribution in [0.15, 0.2) is 21.1 Å². The van der Waals surface area contributed by atoms with Crippen LogP contribution in [0, 0.1) is 6.92 Å². The number of hydrogen-bond acceptors (Lipinski definition) is 2. The predicted octanol–water partition coefficient (Wildman–Crippen LogP) is 5.19. The lowest BCUT2D eigenvalue weighted by Crippen LogP contribution is -2.32. The minimum atomic E-state index is 0.564. The largest absolute Gasteiger partial charge is 0.380 e. The molecule has 0 aliphatic carbocycles. The lowest BCUT2D eigenvalue weighted by molar-refractivity contribution is 0.230. The molecule has 1 aromatic carbocycles. The molecular formula is C16H24Br2N2. The Morgan fingerprint density at radius 2 is 1.80 bits per heavy atom. The SMILES string of the molecule is Cc1cc(Br)c(NC2CCCN(C(C)C)CC2)c(Br)c1. The molecule has 0 aromatic heterocycles. The average molecular weight is 404 g/mol.